The molecule has 8 nitrogen and oxygen atoms in total. The third-order valence-corrected chi connectivity index (χ3v) is 4.48. The van der Waals surface area contributed by atoms with Gasteiger partial charge >= 0.3 is 0 Å². The van der Waals surface area contributed by atoms with E-state index < -0.39 is 0 Å². The Morgan fingerprint density at radius 1 is 1.33 bits per heavy atom. The Bertz CT molecular complexity index is 862. The summed E-state index contributed by atoms with van der Waals surface area (Å²) in [6.07, 6.45) is 4.39. The molecule has 0 spiro atoms. The Balaban J connectivity index is 1.62. The van der Waals surface area contributed by atoms with Gasteiger partial charge in [-0.1, -0.05) is 20.8 Å². The van der Waals surface area contributed by atoms with Crippen LogP contribution in [-0.2, 0) is 19.4 Å². The first kappa shape index (κ1) is 15.0. The second kappa shape index (κ2) is 5.85. The van der Waals surface area contributed by atoms with E-state index in [9.17, 15) is 0 Å². The predicted molar refractivity (Wildman–Crippen MR) is 90.9 cm³/mol. The molecule has 126 valence electrons. The lowest BCUT2D eigenvalue weighted by atomic mass is 10.1. The van der Waals surface area contributed by atoms with E-state index in [0.29, 0.717) is 11.6 Å². The molecule has 2 N–H and O–H groups in total. The van der Waals surface area contributed by atoms with E-state index in [0.717, 1.165) is 54.6 Å². The summed E-state index contributed by atoms with van der Waals surface area (Å²) in [7, 11) is 0. The summed E-state index contributed by atoms with van der Waals surface area (Å²) in [4.78, 5) is 16.5. The van der Waals surface area contributed by atoms with Crippen LogP contribution in [0.1, 0.15) is 50.6 Å². The van der Waals surface area contributed by atoms with Crippen molar-refractivity contribution >= 4 is 17.0 Å². The van der Waals surface area contributed by atoms with E-state index in [4.69, 9.17) is 0 Å². The molecule has 8 heteroatoms. The van der Waals surface area contributed by atoms with Crippen molar-refractivity contribution in [2.75, 3.05) is 5.32 Å². The van der Waals surface area contributed by atoms with Crippen LogP contribution in [0.2, 0.25) is 0 Å². The van der Waals surface area contributed by atoms with Crippen molar-refractivity contribution in [1.82, 2.24) is 34.7 Å². The molecular weight excluding hydrogens is 304 g/mol. The highest BCUT2D eigenvalue weighted by atomic mass is 15.3. The van der Waals surface area contributed by atoms with Gasteiger partial charge in [0.05, 0.1) is 6.33 Å². The first-order valence-corrected chi connectivity index (χ1v) is 8.54. The Morgan fingerprint density at radius 3 is 3.00 bits per heavy atom. The van der Waals surface area contributed by atoms with Gasteiger partial charge in [0, 0.05) is 31.3 Å². The number of nitrogens with one attached hydrogen (secondary N) is 2. The number of rotatable bonds is 4. The fourth-order valence-electron chi connectivity index (χ4n) is 3.23. The van der Waals surface area contributed by atoms with Gasteiger partial charge in [-0.05, 0) is 6.42 Å². The molecule has 0 saturated carbocycles. The highest BCUT2D eigenvalue weighted by Crippen LogP contribution is 2.24. The van der Waals surface area contributed by atoms with Crippen LogP contribution in [0.15, 0.2) is 6.33 Å². The Hall–Kier alpha value is -2.51. The molecule has 4 heterocycles. The van der Waals surface area contributed by atoms with Crippen LogP contribution in [0.25, 0.3) is 11.2 Å². The maximum absolute atomic E-state index is 4.65. The lowest BCUT2D eigenvalue weighted by Crippen LogP contribution is -2.33. The number of aromatic nitrogens is 7. The maximum Gasteiger partial charge on any atom is 0.183 e. The Morgan fingerprint density at radius 2 is 2.21 bits per heavy atom. The van der Waals surface area contributed by atoms with Gasteiger partial charge in [-0.2, -0.15) is 0 Å². The summed E-state index contributed by atoms with van der Waals surface area (Å²) in [5, 5.41) is 12.3. The quantitative estimate of drug-likeness (QED) is 0.761. The molecule has 0 amide bonds. The summed E-state index contributed by atoms with van der Waals surface area (Å²) < 4.78 is 2.25. The molecule has 4 rings (SSSR count). The van der Waals surface area contributed by atoms with E-state index in [2.05, 4.69) is 60.8 Å². The normalized spacial score (nSPS) is 17.4. The lowest BCUT2D eigenvalue weighted by Gasteiger charge is -2.26. The first-order chi connectivity index (χ1) is 11.7. The van der Waals surface area contributed by atoms with Crippen LogP contribution >= 0.6 is 0 Å². The number of nitrogens with zero attached hydrogens (tertiary/aromatic N) is 6. The summed E-state index contributed by atoms with van der Waals surface area (Å²) in [6.45, 7) is 7.22. The van der Waals surface area contributed by atoms with E-state index >= 15 is 0 Å². The number of fused-ring (bicyclic) bond motifs is 2. The van der Waals surface area contributed by atoms with Crippen molar-refractivity contribution in [2.24, 2.45) is 0 Å². The topological polar surface area (TPSA) is 97.2 Å². The Kier molecular flexibility index (Phi) is 3.66. The monoisotopic (exact) mass is 326 g/mol. The van der Waals surface area contributed by atoms with E-state index in [1.54, 1.807) is 6.33 Å². The molecule has 3 aromatic heterocycles. The van der Waals surface area contributed by atoms with Crippen LogP contribution in [0.3, 0.4) is 0 Å². The van der Waals surface area contributed by atoms with E-state index in [1.807, 2.05) is 0 Å². The predicted octanol–water partition coefficient (Wildman–Crippen LogP) is 2.06. The van der Waals surface area contributed by atoms with Crippen molar-refractivity contribution in [3.05, 3.63) is 23.8 Å². The number of hydrogen-bond acceptors (Lipinski definition) is 6. The Labute approximate surface area is 140 Å². The zero-order valence-corrected chi connectivity index (χ0v) is 14.2. The number of hydrogen-bond donors (Lipinski definition) is 2. The van der Waals surface area contributed by atoms with Crippen LogP contribution in [-0.4, -0.2) is 40.7 Å². The fourth-order valence-corrected chi connectivity index (χ4v) is 3.23. The summed E-state index contributed by atoms with van der Waals surface area (Å²) in [5.74, 6) is 4.15. The van der Waals surface area contributed by atoms with Gasteiger partial charge in [-0.3, -0.25) is 0 Å². The molecular formula is C16H22N8. The minimum absolute atomic E-state index is 0.289. The van der Waals surface area contributed by atoms with Gasteiger partial charge in [0.15, 0.2) is 11.5 Å². The third kappa shape index (κ3) is 2.51. The molecule has 24 heavy (non-hydrogen) atoms. The minimum Gasteiger partial charge on any atom is -0.364 e. The summed E-state index contributed by atoms with van der Waals surface area (Å²) in [5.41, 5.74) is 1.58. The zero-order valence-electron chi connectivity index (χ0n) is 14.2. The molecule has 1 atom stereocenters. The molecule has 1 aliphatic rings. The summed E-state index contributed by atoms with van der Waals surface area (Å²) >= 11 is 0. The van der Waals surface area contributed by atoms with Crippen molar-refractivity contribution in [3.8, 4) is 0 Å². The van der Waals surface area contributed by atoms with Crippen LogP contribution in [0, 0.1) is 0 Å². The van der Waals surface area contributed by atoms with Gasteiger partial charge in [-0.15, -0.1) is 10.2 Å². The summed E-state index contributed by atoms with van der Waals surface area (Å²) in [6, 6.07) is 0.289. The molecule has 1 aliphatic heterocycles. The van der Waals surface area contributed by atoms with Crippen molar-refractivity contribution in [1.29, 1.82) is 0 Å². The zero-order chi connectivity index (χ0) is 16.7. The second-order valence-electron chi connectivity index (χ2n) is 6.56. The van der Waals surface area contributed by atoms with Gasteiger partial charge in [-0.25, -0.2) is 15.0 Å². The molecule has 3 aromatic rings. The molecule has 0 aromatic carbocycles. The molecule has 0 saturated heterocycles. The molecule has 0 radical (unpaired) electrons. The smallest absolute Gasteiger partial charge is 0.183 e. The van der Waals surface area contributed by atoms with Crippen molar-refractivity contribution in [2.45, 2.75) is 58.5 Å². The number of anilines is 1. The van der Waals surface area contributed by atoms with Crippen molar-refractivity contribution < 1.29 is 0 Å². The standard InChI is InChI=1S/C16H22N8/c1-4-11-20-14-13(17-8-18-14)15(21-11)19-10-5-6-12-22-23-16(9(2)3)24(12)7-10/h8-10H,4-7H2,1-3H3,(H2,17,18,19,20,21). The SMILES string of the molecule is CCc1nc(NC2CCc3nnc(C(C)C)n3C2)c2[nH]cnc2n1. The van der Waals surface area contributed by atoms with Gasteiger partial charge in [0.1, 0.15) is 23.0 Å². The largest absolute Gasteiger partial charge is 0.364 e. The first-order valence-electron chi connectivity index (χ1n) is 8.54. The molecule has 0 fully saturated rings. The van der Waals surface area contributed by atoms with Crippen molar-refractivity contribution in [3.63, 3.8) is 0 Å². The van der Waals surface area contributed by atoms with Crippen LogP contribution in [0.5, 0.6) is 0 Å². The highest BCUT2D eigenvalue weighted by Gasteiger charge is 2.25. The van der Waals surface area contributed by atoms with Gasteiger partial charge in [0.2, 0.25) is 0 Å². The number of aryl methyl sites for hydroxylation is 2. The maximum atomic E-state index is 4.65. The lowest BCUT2D eigenvalue weighted by molar-refractivity contribution is 0.458. The number of H-pyrrole nitrogens is 1. The van der Waals surface area contributed by atoms with E-state index in [1.165, 1.54) is 0 Å². The van der Waals surface area contributed by atoms with Crippen LogP contribution in [0.4, 0.5) is 5.82 Å². The molecule has 0 bridgehead atoms. The number of imidazole rings is 1. The highest BCUT2D eigenvalue weighted by molar-refractivity contribution is 5.82. The van der Waals surface area contributed by atoms with Gasteiger partial charge in [0.25, 0.3) is 0 Å². The average Bonchev–Trinajstić information content (AvgIpc) is 3.20. The van der Waals surface area contributed by atoms with Gasteiger partial charge < -0.3 is 14.9 Å². The minimum atomic E-state index is 0.289. The van der Waals surface area contributed by atoms with Crippen LogP contribution < -0.4 is 5.32 Å². The molecule has 0 aliphatic carbocycles. The van der Waals surface area contributed by atoms with E-state index in [-0.39, 0.29) is 6.04 Å². The average molecular weight is 326 g/mol. The second-order valence-corrected chi connectivity index (χ2v) is 6.56. The fraction of sp³-hybridized carbons (Fsp3) is 0.562. The third-order valence-electron chi connectivity index (χ3n) is 4.48. The molecule has 1 unspecified atom stereocenters. The number of aromatic amines is 1.